The number of benzene rings is 1. The molecule has 2 aromatic heterocycles. The number of rotatable bonds is 2. The van der Waals surface area contributed by atoms with Gasteiger partial charge in [0.15, 0.2) is 12.2 Å². The standard InChI is InChI=1S/C14H12N2OS/c1-9-6-13(12-7-16-8-17-12)18-14(9)10-2-4-11(15)5-3-10/h2-8H,15H2,1H3. The molecule has 0 atom stereocenters. The fourth-order valence-corrected chi connectivity index (χ4v) is 2.99. The molecule has 0 radical (unpaired) electrons. The summed E-state index contributed by atoms with van der Waals surface area (Å²) < 4.78 is 5.32. The second kappa shape index (κ2) is 4.31. The Bertz CT molecular complexity index is 654. The predicted molar refractivity (Wildman–Crippen MR) is 74.4 cm³/mol. The number of oxazole rings is 1. The first-order valence-corrected chi connectivity index (χ1v) is 6.41. The number of aryl methyl sites for hydroxylation is 1. The Kier molecular flexibility index (Phi) is 2.64. The van der Waals surface area contributed by atoms with Gasteiger partial charge in [0.1, 0.15) is 0 Å². The molecule has 0 saturated carbocycles. The molecule has 0 aliphatic carbocycles. The van der Waals surface area contributed by atoms with E-state index in [0.717, 1.165) is 16.3 Å². The lowest BCUT2D eigenvalue weighted by molar-refractivity contribution is 0.573. The zero-order chi connectivity index (χ0) is 12.5. The SMILES string of the molecule is Cc1cc(-c2cnco2)sc1-c1ccc(N)cc1. The molecule has 2 N–H and O–H groups in total. The van der Waals surface area contributed by atoms with Crippen molar-refractivity contribution in [1.29, 1.82) is 0 Å². The van der Waals surface area contributed by atoms with Gasteiger partial charge in [-0.25, -0.2) is 4.98 Å². The molecule has 3 rings (SSSR count). The molecule has 90 valence electrons. The first kappa shape index (κ1) is 11.0. The topological polar surface area (TPSA) is 52.0 Å². The lowest BCUT2D eigenvalue weighted by Crippen LogP contribution is -1.83. The lowest BCUT2D eigenvalue weighted by atomic mass is 10.1. The van der Waals surface area contributed by atoms with E-state index in [9.17, 15) is 0 Å². The molecule has 1 aromatic carbocycles. The van der Waals surface area contributed by atoms with E-state index in [4.69, 9.17) is 10.2 Å². The third-order valence-electron chi connectivity index (χ3n) is 2.77. The molecule has 0 spiro atoms. The Morgan fingerprint density at radius 3 is 2.67 bits per heavy atom. The maximum absolute atomic E-state index is 5.71. The van der Waals surface area contributed by atoms with Crippen LogP contribution in [0.5, 0.6) is 0 Å². The molecule has 0 unspecified atom stereocenters. The fraction of sp³-hybridized carbons (Fsp3) is 0.0714. The summed E-state index contributed by atoms with van der Waals surface area (Å²) in [7, 11) is 0. The van der Waals surface area contributed by atoms with Crippen molar-refractivity contribution in [3.63, 3.8) is 0 Å². The summed E-state index contributed by atoms with van der Waals surface area (Å²) in [5, 5.41) is 0. The molecule has 0 bridgehead atoms. The van der Waals surface area contributed by atoms with E-state index in [1.165, 1.54) is 22.4 Å². The van der Waals surface area contributed by atoms with Crippen LogP contribution in [0.4, 0.5) is 5.69 Å². The van der Waals surface area contributed by atoms with Crippen molar-refractivity contribution in [1.82, 2.24) is 4.98 Å². The predicted octanol–water partition coefficient (Wildman–Crippen LogP) is 3.96. The molecule has 0 aliphatic heterocycles. The van der Waals surface area contributed by atoms with Crippen LogP contribution in [-0.4, -0.2) is 4.98 Å². The molecule has 3 aromatic rings. The molecule has 3 nitrogen and oxygen atoms in total. The van der Waals surface area contributed by atoms with Crippen molar-refractivity contribution in [3.8, 4) is 21.1 Å². The summed E-state index contributed by atoms with van der Waals surface area (Å²) in [5.74, 6) is 0.810. The van der Waals surface area contributed by atoms with Gasteiger partial charge in [-0.05, 0) is 36.2 Å². The highest BCUT2D eigenvalue weighted by molar-refractivity contribution is 7.19. The Morgan fingerprint density at radius 2 is 2.00 bits per heavy atom. The summed E-state index contributed by atoms with van der Waals surface area (Å²) in [6, 6.07) is 10.0. The van der Waals surface area contributed by atoms with Crippen LogP contribution < -0.4 is 5.73 Å². The summed E-state index contributed by atoms with van der Waals surface area (Å²) >= 11 is 1.70. The highest BCUT2D eigenvalue weighted by Crippen LogP contribution is 2.37. The van der Waals surface area contributed by atoms with Crippen molar-refractivity contribution in [3.05, 3.63) is 48.5 Å². The number of nitrogens with zero attached hydrogens (tertiary/aromatic N) is 1. The van der Waals surface area contributed by atoms with Crippen molar-refractivity contribution < 1.29 is 4.42 Å². The van der Waals surface area contributed by atoms with E-state index in [0.29, 0.717) is 0 Å². The highest BCUT2D eigenvalue weighted by Gasteiger charge is 2.11. The van der Waals surface area contributed by atoms with Crippen molar-refractivity contribution >= 4 is 17.0 Å². The van der Waals surface area contributed by atoms with Gasteiger partial charge >= 0.3 is 0 Å². The van der Waals surface area contributed by atoms with Gasteiger partial charge in [-0.1, -0.05) is 12.1 Å². The summed E-state index contributed by atoms with van der Waals surface area (Å²) in [6.45, 7) is 2.10. The average molecular weight is 256 g/mol. The van der Waals surface area contributed by atoms with Crippen LogP contribution in [0.1, 0.15) is 5.56 Å². The average Bonchev–Trinajstić information content (AvgIpc) is 2.99. The molecule has 4 heteroatoms. The molecule has 2 heterocycles. The van der Waals surface area contributed by atoms with Crippen LogP contribution in [0.3, 0.4) is 0 Å². The van der Waals surface area contributed by atoms with Crippen LogP contribution in [-0.2, 0) is 0 Å². The number of hydrogen-bond acceptors (Lipinski definition) is 4. The minimum atomic E-state index is 0.781. The van der Waals surface area contributed by atoms with E-state index in [-0.39, 0.29) is 0 Å². The van der Waals surface area contributed by atoms with Crippen LogP contribution in [0.15, 0.2) is 47.3 Å². The van der Waals surface area contributed by atoms with E-state index in [1.54, 1.807) is 17.5 Å². The Labute approximate surface area is 109 Å². The van der Waals surface area contributed by atoms with Crippen LogP contribution in [0.25, 0.3) is 21.1 Å². The monoisotopic (exact) mass is 256 g/mol. The maximum Gasteiger partial charge on any atom is 0.181 e. The fourth-order valence-electron chi connectivity index (χ4n) is 1.86. The van der Waals surface area contributed by atoms with Crippen LogP contribution >= 0.6 is 11.3 Å². The van der Waals surface area contributed by atoms with Crippen LogP contribution in [0, 0.1) is 6.92 Å². The van der Waals surface area contributed by atoms with Gasteiger partial charge in [0, 0.05) is 10.6 Å². The number of aromatic nitrogens is 1. The molecular formula is C14H12N2OS. The highest BCUT2D eigenvalue weighted by atomic mass is 32.1. The van der Waals surface area contributed by atoms with E-state index in [1.807, 2.05) is 24.3 Å². The van der Waals surface area contributed by atoms with Gasteiger partial charge in [0.05, 0.1) is 11.1 Å². The summed E-state index contributed by atoms with van der Waals surface area (Å²) in [4.78, 5) is 6.28. The molecule has 0 fully saturated rings. The molecule has 18 heavy (non-hydrogen) atoms. The third-order valence-corrected chi connectivity index (χ3v) is 4.07. The van der Waals surface area contributed by atoms with Gasteiger partial charge in [0.25, 0.3) is 0 Å². The Morgan fingerprint density at radius 1 is 1.22 bits per heavy atom. The molecule has 0 saturated heterocycles. The number of anilines is 1. The van der Waals surface area contributed by atoms with Gasteiger partial charge in [-0.2, -0.15) is 0 Å². The van der Waals surface area contributed by atoms with Crippen molar-refractivity contribution in [2.45, 2.75) is 6.92 Å². The quantitative estimate of drug-likeness (QED) is 0.706. The number of hydrogen-bond donors (Lipinski definition) is 1. The third kappa shape index (κ3) is 1.91. The first-order valence-electron chi connectivity index (χ1n) is 5.59. The van der Waals surface area contributed by atoms with Crippen molar-refractivity contribution in [2.75, 3.05) is 5.73 Å². The van der Waals surface area contributed by atoms with Crippen molar-refractivity contribution in [2.24, 2.45) is 0 Å². The van der Waals surface area contributed by atoms with E-state index >= 15 is 0 Å². The maximum atomic E-state index is 5.71. The Balaban J connectivity index is 2.06. The normalized spacial score (nSPS) is 10.7. The largest absolute Gasteiger partial charge is 0.443 e. The number of thiophene rings is 1. The van der Waals surface area contributed by atoms with Gasteiger partial charge in [0.2, 0.25) is 0 Å². The van der Waals surface area contributed by atoms with Gasteiger partial charge in [-0.3, -0.25) is 0 Å². The molecule has 0 amide bonds. The number of nitrogen functional groups attached to an aromatic ring is 1. The summed E-state index contributed by atoms with van der Waals surface area (Å²) in [6.07, 6.45) is 3.19. The Hall–Kier alpha value is -2.07. The number of nitrogens with two attached hydrogens (primary N) is 1. The summed E-state index contributed by atoms with van der Waals surface area (Å²) in [5.41, 5.74) is 8.90. The van der Waals surface area contributed by atoms with E-state index in [2.05, 4.69) is 18.0 Å². The second-order valence-electron chi connectivity index (χ2n) is 4.11. The smallest absolute Gasteiger partial charge is 0.181 e. The van der Waals surface area contributed by atoms with Gasteiger partial charge in [-0.15, -0.1) is 11.3 Å². The lowest BCUT2D eigenvalue weighted by Gasteiger charge is -1.99. The zero-order valence-electron chi connectivity index (χ0n) is 9.88. The minimum absolute atomic E-state index is 0.781. The first-order chi connectivity index (χ1) is 8.74. The van der Waals surface area contributed by atoms with E-state index < -0.39 is 0 Å². The molecular weight excluding hydrogens is 244 g/mol. The second-order valence-corrected chi connectivity index (χ2v) is 5.16. The minimum Gasteiger partial charge on any atom is -0.443 e. The molecule has 0 aliphatic rings. The van der Waals surface area contributed by atoms with Gasteiger partial charge < -0.3 is 10.2 Å². The zero-order valence-corrected chi connectivity index (χ0v) is 10.7. The van der Waals surface area contributed by atoms with Crippen LogP contribution in [0.2, 0.25) is 0 Å².